The van der Waals surface area contributed by atoms with Gasteiger partial charge in [-0.3, -0.25) is 4.79 Å². The first-order chi connectivity index (χ1) is 9.54. The highest BCUT2D eigenvalue weighted by atomic mass is 32.1. The van der Waals surface area contributed by atoms with E-state index in [4.69, 9.17) is 4.74 Å². The number of amides is 1. The van der Waals surface area contributed by atoms with Gasteiger partial charge in [0.2, 0.25) is 0 Å². The fraction of sp³-hybridized carbons (Fsp3) is 0.357. The number of hydrogen-bond donors (Lipinski definition) is 2. The number of aliphatic hydroxyl groups is 1. The zero-order valence-electron chi connectivity index (χ0n) is 11.4. The third-order valence-corrected chi connectivity index (χ3v) is 4.63. The second-order valence-electron chi connectivity index (χ2n) is 4.68. The Labute approximate surface area is 126 Å². The molecule has 108 valence electrons. The molecular weight excluding hydrogens is 294 g/mol. The van der Waals surface area contributed by atoms with Crippen molar-refractivity contribution >= 4 is 28.6 Å². The van der Waals surface area contributed by atoms with Gasteiger partial charge in [0.15, 0.2) is 0 Å². The van der Waals surface area contributed by atoms with E-state index < -0.39 is 5.60 Å². The van der Waals surface area contributed by atoms with Crippen LogP contribution in [0.1, 0.15) is 27.7 Å². The first-order valence-electron chi connectivity index (χ1n) is 6.13. The van der Waals surface area contributed by atoms with Gasteiger partial charge < -0.3 is 15.2 Å². The quantitative estimate of drug-likeness (QED) is 0.862. The molecule has 0 saturated heterocycles. The number of ether oxygens (including phenoxy) is 1. The first-order valence-corrected chi connectivity index (χ1v) is 7.95. The molecule has 1 unspecified atom stereocenters. The van der Waals surface area contributed by atoms with Crippen molar-refractivity contribution in [1.82, 2.24) is 5.32 Å². The topological polar surface area (TPSA) is 58.6 Å². The van der Waals surface area contributed by atoms with Crippen LogP contribution in [0.2, 0.25) is 0 Å². The molecule has 2 aromatic heterocycles. The molecule has 0 spiro atoms. The van der Waals surface area contributed by atoms with E-state index in [1.54, 1.807) is 14.0 Å². The fourth-order valence-electron chi connectivity index (χ4n) is 1.81. The average Bonchev–Trinajstić information content (AvgIpc) is 3.07. The van der Waals surface area contributed by atoms with Crippen molar-refractivity contribution in [2.75, 3.05) is 13.7 Å². The van der Waals surface area contributed by atoms with E-state index in [9.17, 15) is 9.90 Å². The standard InChI is InChI=1S/C14H17NO3S2/c1-14(17,11-4-5-19-8-11)9-15-13(16)12-10(7-18-2)3-6-20-12/h3-6,8,17H,7,9H2,1-2H3,(H,15,16). The lowest BCUT2D eigenvalue weighted by Crippen LogP contribution is -2.38. The summed E-state index contributed by atoms with van der Waals surface area (Å²) in [6, 6.07) is 3.73. The molecule has 0 saturated carbocycles. The van der Waals surface area contributed by atoms with Crippen molar-refractivity contribution in [2.24, 2.45) is 0 Å². The largest absolute Gasteiger partial charge is 0.384 e. The molecule has 0 aliphatic carbocycles. The van der Waals surface area contributed by atoms with Gasteiger partial charge in [0.1, 0.15) is 5.60 Å². The van der Waals surface area contributed by atoms with Gasteiger partial charge >= 0.3 is 0 Å². The van der Waals surface area contributed by atoms with Gasteiger partial charge in [-0.25, -0.2) is 0 Å². The Morgan fingerprint density at radius 3 is 2.90 bits per heavy atom. The number of rotatable bonds is 6. The Morgan fingerprint density at radius 1 is 1.45 bits per heavy atom. The van der Waals surface area contributed by atoms with E-state index in [1.165, 1.54) is 22.7 Å². The van der Waals surface area contributed by atoms with E-state index in [1.807, 2.05) is 28.3 Å². The third kappa shape index (κ3) is 3.46. The van der Waals surface area contributed by atoms with Crippen LogP contribution in [-0.2, 0) is 16.9 Å². The number of carbonyl (C=O) groups excluding carboxylic acids is 1. The Kier molecular flexibility index (Phi) is 4.93. The SMILES string of the molecule is COCc1ccsc1C(=O)NCC(C)(O)c1ccsc1. The molecule has 2 rings (SSSR count). The van der Waals surface area contributed by atoms with Gasteiger partial charge in [-0.15, -0.1) is 11.3 Å². The number of thiophene rings is 2. The van der Waals surface area contributed by atoms with Crippen LogP contribution in [0, 0.1) is 0 Å². The molecule has 6 heteroatoms. The van der Waals surface area contributed by atoms with Gasteiger partial charge in [-0.05, 0) is 40.8 Å². The molecule has 2 aromatic rings. The first kappa shape index (κ1) is 15.2. The number of methoxy groups -OCH3 is 1. The van der Waals surface area contributed by atoms with E-state index in [0.717, 1.165) is 11.1 Å². The molecule has 2 N–H and O–H groups in total. The van der Waals surface area contributed by atoms with Crippen molar-refractivity contribution in [2.45, 2.75) is 19.1 Å². The zero-order valence-corrected chi connectivity index (χ0v) is 13.0. The van der Waals surface area contributed by atoms with Crippen molar-refractivity contribution < 1.29 is 14.6 Å². The lowest BCUT2D eigenvalue weighted by atomic mass is 9.99. The van der Waals surface area contributed by atoms with Crippen LogP contribution < -0.4 is 5.32 Å². The van der Waals surface area contributed by atoms with Crippen LogP contribution >= 0.6 is 22.7 Å². The Hall–Kier alpha value is -1.21. The van der Waals surface area contributed by atoms with E-state index >= 15 is 0 Å². The molecule has 0 aliphatic rings. The summed E-state index contributed by atoms with van der Waals surface area (Å²) in [5, 5.41) is 18.8. The van der Waals surface area contributed by atoms with Crippen LogP contribution in [-0.4, -0.2) is 24.7 Å². The fourth-order valence-corrected chi connectivity index (χ4v) is 3.42. The number of carbonyl (C=O) groups is 1. The normalized spacial score (nSPS) is 13.9. The molecule has 1 amide bonds. The number of nitrogens with one attached hydrogen (secondary N) is 1. The van der Waals surface area contributed by atoms with Crippen molar-refractivity contribution in [1.29, 1.82) is 0 Å². The summed E-state index contributed by atoms with van der Waals surface area (Å²) in [6.45, 7) is 2.28. The maximum absolute atomic E-state index is 12.2. The minimum Gasteiger partial charge on any atom is -0.384 e. The van der Waals surface area contributed by atoms with Crippen molar-refractivity contribution in [3.8, 4) is 0 Å². The minimum absolute atomic E-state index is 0.174. The summed E-state index contributed by atoms with van der Waals surface area (Å²) < 4.78 is 5.06. The predicted octanol–water partition coefficient (Wildman–Crippen LogP) is 2.59. The van der Waals surface area contributed by atoms with E-state index in [0.29, 0.717) is 11.5 Å². The van der Waals surface area contributed by atoms with Gasteiger partial charge in [0, 0.05) is 12.7 Å². The molecule has 4 nitrogen and oxygen atoms in total. The van der Waals surface area contributed by atoms with Crippen LogP contribution in [0.4, 0.5) is 0 Å². The zero-order chi connectivity index (χ0) is 14.6. The second-order valence-corrected chi connectivity index (χ2v) is 6.37. The highest BCUT2D eigenvalue weighted by molar-refractivity contribution is 7.12. The molecule has 0 radical (unpaired) electrons. The maximum atomic E-state index is 12.2. The molecule has 0 bridgehead atoms. The summed E-state index contributed by atoms with van der Waals surface area (Å²) in [4.78, 5) is 12.8. The van der Waals surface area contributed by atoms with Crippen molar-refractivity contribution in [3.05, 3.63) is 44.3 Å². The molecule has 0 aromatic carbocycles. The molecule has 1 atom stereocenters. The highest BCUT2D eigenvalue weighted by Crippen LogP contribution is 2.23. The summed E-state index contributed by atoms with van der Waals surface area (Å²) in [5.74, 6) is -0.178. The minimum atomic E-state index is -1.06. The summed E-state index contributed by atoms with van der Waals surface area (Å²) in [7, 11) is 1.60. The Balaban J connectivity index is 2.00. The number of hydrogen-bond acceptors (Lipinski definition) is 5. The molecule has 20 heavy (non-hydrogen) atoms. The highest BCUT2D eigenvalue weighted by Gasteiger charge is 2.25. The van der Waals surface area contributed by atoms with Crippen LogP contribution in [0.15, 0.2) is 28.3 Å². The molecular formula is C14H17NO3S2. The van der Waals surface area contributed by atoms with E-state index in [-0.39, 0.29) is 12.5 Å². The second kappa shape index (κ2) is 6.49. The van der Waals surface area contributed by atoms with Gasteiger partial charge in [-0.1, -0.05) is 0 Å². The van der Waals surface area contributed by atoms with E-state index in [2.05, 4.69) is 5.32 Å². The molecule has 2 heterocycles. The Bertz CT molecular complexity index is 561. The average molecular weight is 311 g/mol. The lowest BCUT2D eigenvalue weighted by molar-refractivity contribution is 0.0530. The smallest absolute Gasteiger partial charge is 0.261 e. The Morgan fingerprint density at radius 2 is 2.25 bits per heavy atom. The van der Waals surface area contributed by atoms with Gasteiger partial charge in [0.25, 0.3) is 5.91 Å². The molecule has 0 aliphatic heterocycles. The summed E-state index contributed by atoms with van der Waals surface area (Å²) in [5.41, 5.74) is 0.616. The maximum Gasteiger partial charge on any atom is 0.261 e. The summed E-state index contributed by atoms with van der Waals surface area (Å²) >= 11 is 2.89. The van der Waals surface area contributed by atoms with Gasteiger partial charge in [-0.2, -0.15) is 11.3 Å². The molecule has 0 fully saturated rings. The van der Waals surface area contributed by atoms with Crippen LogP contribution in [0.3, 0.4) is 0 Å². The summed E-state index contributed by atoms with van der Waals surface area (Å²) in [6.07, 6.45) is 0. The third-order valence-electron chi connectivity index (χ3n) is 2.99. The van der Waals surface area contributed by atoms with Crippen LogP contribution in [0.25, 0.3) is 0 Å². The van der Waals surface area contributed by atoms with Crippen LogP contribution in [0.5, 0.6) is 0 Å². The lowest BCUT2D eigenvalue weighted by Gasteiger charge is -2.22. The monoisotopic (exact) mass is 311 g/mol. The predicted molar refractivity (Wildman–Crippen MR) is 81.3 cm³/mol. The van der Waals surface area contributed by atoms with Crippen molar-refractivity contribution in [3.63, 3.8) is 0 Å². The van der Waals surface area contributed by atoms with Gasteiger partial charge in [0.05, 0.1) is 18.0 Å².